The van der Waals surface area contributed by atoms with E-state index in [2.05, 4.69) is 41.2 Å². The molecule has 1 aromatic heterocycles. The summed E-state index contributed by atoms with van der Waals surface area (Å²) in [7, 11) is 0. The molecule has 2 N–H and O–H groups in total. The van der Waals surface area contributed by atoms with Crippen LogP contribution in [-0.2, 0) is 0 Å². The Kier molecular flexibility index (Phi) is 3.17. The molecular weight excluding hydrogens is 246 g/mol. The van der Waals surface area contributed by atoms with Crippen LogP contribution in [0.5, 0.6) is 0 Å². The first kappa shape index (κ1) is 12.4. The fraction of sp³-hybridized carbons (Fsp3) is 0.0588. The van der Waals surface area contributed by atoms with E-state index in [1.807, 2.05) is 36.7 Å². The van der Waals surface area contributed by atoms with Gasteiger partial charge < -0.3 is 5.73 Å². The van der Waals surface area contributed by atoms with Crippen LogP contribution in [0.4, 0.5) is 5.69 Å². The minimum atomic E-state index is 0.709. The first-order chi connectivity index (χ1) is 9.72. The Bertz CT molecular complexity index is 634. The van der Waals surface area contributed by atoms with Gasteiger partial charge >= 0.3 is 0 Å². The van der Waals surface area contributed by atoms with Crippen molar-refractivity contribution in [3.05, 3.63) is 66.5 Å². The highest BCUT2D eigenvalue weighted by atomic mass is 14.9. The molecule has 0 bridgehead atoms. The number of nitrogen functional groups attached to an aromatic ring is 1. The van der Waals surface area contributed by atoms with Crippen LogP contribution in [0.15, 0.2) is 60.9 Å². The third kappa shape index (κ3) is 2.52. The lowest BCUT2D eigenvalue weighted by atomic mass is 10.1. The van der Waals surface area contributed by atoms with E-state index in [-0.39, 0.29) is 0 Å². The van der Waals surface area contributed by atoms with E-state index >= 15 is 0 Å². The van der Waals surface area contributed by atoms with Gasteiger partial charge in [0.15, 0.2) is 5.82 Å². The summed E-state index contributed by atoms with van der Waals surface area (Å²) in [4.78, 5) is 8.85. The van der Waals surface area contributed by atoms with Gasteiger partial charge in [0.2, 0.25) is 0 Å². The molecule has 3 nitrogen and oxygen atoms in total. The second-order valence-electron chi connectivity index (χ2n) is 4.78. The Balaban J connectivity index is 1.91. The van der Waals surface area contributed by atoms with Gasteiger partial charge in [-0.2, -0.15) is 0 Å². The van der Waals surface area contributed by atoms with Gasteiger partial charge in [0.1, 0.15) is 0 Å². The summed E-state index contributed by atoms with van der Waals surface area (Å²) in [6, 6.07) is 15.9. The van der Waals surface area contributed by atoms with Crippen LogP contribution < -0.4 is 5.73 Å². The van der Waals surface area contributed by atoms with Crippen molar-refractivity contribution in [3.63, 3.8) is 0 Å². The van der Waals surface area contributed by atoms with Gasteiger partial charge in [-0.25, -0.2) is 9.97 Å². The van der Waals surface area contributed by atoms with E-state index < -0.39 is 0 Å². The molecule has 0 atom stereocenters. The second-order valence-corrected chi connectivity index (χ2v) is 4.78. The van der Waals surface area contributed by atoms with Crippen molar-refractivity contribution >= 4 is 5.69 Å². The zero-order chi connectivity index (χ0) is 13.9. The van der Waals surface area contributed by atoms with Crippen LogP contribution in [-0.4, -0.2) is 9.97 Å². The molecule has 0 aliphatic heterocycles. The quantitative estimate of drug-likeness (QED) is 0.715. The lowest BCUT2D eigenvalue weighted by Crippen LogP contribution is -1.90. The third-order valence-corrected chi connectivity index (χ3v) is 3.21. The molecule has 0 unspecified atom stereocenters. The predicted molar refractivity (Wildman–Crippen MR) is 82.1 cm³/mol. The zero-order valence-corrected chi connectivity index (χ0v) is 11.2. The zero-order valence-electron chi connectivity index (χ0n) is 11.2. The summed E-state index contributed by atoms with van der Waals surface area (Å²) >= 11 is 0. The molecule has 0 fully saturated rings. The van der Waals surface area contributed by atoms with Crippen molar-refractivity contribution in [2.45, 2.75) is 6.92 Å². The summed E-state index contributed by atoms with van der Waals surface area (Å²) in [5.74, 6) is 0.709. The number of hydrogen-bond acceptors (Lipinski definition) is 3. The van der Waals surface area contributed by atoms with E-state index in [9.17, 15) is 0 Å². The molecule has 0 aliphatic carbocycles. The maximum atomic E-state index is 5.68. The lowest BCUT2D eigenvalue weighted by molar-refractivity contribution is 1.18. The molecular formula is C17H15N3. The number of aryl methyl sites for hydroxylation is 1. The molecule has 0 radical (unpaired) electrons. The average molecular weight is 261 g/mol. The smallest absolute Gasteiger partial charge is 0.159 e. The maximum Gasteiger partial charge on any atom is 0.159 e. The standard InChI is InChI=1S/C17H15N3/c1-12-2-4-13(5-3-12)15-10-19-17(20-11-15)14-6-8-16(18)9-7-14/h2-11H,18H2,1H3. The minimum Gasteiger partial charge on any atom is -0.399 e. The molecule has 0 spiro atoms. The summed E-state index contributed by atoms with van der Waals surface area (Å²) in [5.41, 5.74) is 10.8. The van der Waals surface area contributed by atoms with Gasteiger partial charge in [-0.15, -0.1) is 0 Å². The average Bonchev–Trinajstić information content (AvgIpc) is 2.49. The summed E-state index contributed by atoms with van der Waals surface area (Å²) in [5, 5.41) is 0. The molecule has 3 rings (SSSR count). The van der Waals surface area contributed by atoms with E-state index in [1.54, 1.807) is 0 Å². The van der Waals surface area contributed by atoms with Gasteiger partial charge in [-0.3, -0.25) is 0 Å². The molecule has 98 valence electrons. The predicted octanol–water partition coefficient (Wildman–Crippen LogP) is 3.70. The molecule has 20 heavy (non-hydrogen) atoms. The Morgan fingerprint density at radius 2 is 1.25 bits per heavy atom. The van der Waals surface area contributed by atoms with Crippen LogP contribution in [0.25, 0.3) is 22.5 Å². The molecule has 1 heterocycles. The van der Waals surface area contributed by atoms with E-state index in [0.29, 0.717) is 5.82 Å². The summed E-state index contributed by atoms with van der Waals surface area (Å²) < 4.78 is 0. The molecule has 3 aromatic rings. The Morgan fingerprint density at radius 1 is 0.700 bits per heavy atom. The van der Waals surface area contributed by atoms with Crippen molar-refractivity contribution in [2.24, 2.45) is 0 Å². The van der Waals surface area contributed by atoms with Crippen molar-refractivity contribution in [1.29, 1.82) is 0 Å². The topological polar surface area (TPSA) is 51.8 Å². The molecule has 2 aromatic carbocycles. The number of nitrogens with two attached hydrogens (primary N) is 1. The highest BCUT2D eigenvalue weighted by Crippen LogP contribution is 2.21. The fourth-order valence-electron chi connectivity index (χ4n) is 2.00. The lowest BCUT2D eigenvalue weighted by Gasteiger charge is -2.04. The molecule has 0 amide bonds. The number of hydrogen-bond donors (Lipinski definition) is 1. The first-order valence-corrected chi connectivity index (χ1v) is 6.47. The normalized spacial score (nSPS) is 10.4. The maximum absolute atomic E-state index is 5.68. The number of benzene rings is 2. The summed E-state index contributed by atoms with van der Waals surface area (Å²) in [6.45, 7) is 2.07. The van der Waals surface area contributed by atoms with Crippen LogP contribution in [0.2, 0.25) is 0 Å². The highest BCUT2D eigenvalue weighted by molar-refractivity contribution is 5.64. The van der Waals surface area contributed by atoms with Crippen LogP contribution in [0.3, 0.4) is 0 Å². The van der Waals surface area contributed by atoms with Gasteiger partial charge in [0.25, 0.3) is 0 Å². The van der Waals surface area contributed by atoms with Gasteiger partial charge in [0.05, 0.1) is 0 Å². The Morgan fingerprint density at radius 3 is 1.85 bits per heavy atom. The number of anilines is 1. The molecule has 0 aliphatic rings. The SMILES string of the molecule is Cc1ccc(-c2cnc(-c3ccc(N)cc3)nc2)cc1. The Hall–Kier alpha value is -2.68. The largest absolute Gasteiger partial charge is 0.399 e. The fourth-order valence-corrected chi connectivity index (χ4v) is 2.00. The molecule has 0 saturated carbocycles. The Labute approximate surface area is 118 Å². The summed E-state index contributed by atoms with van der Waals surface area (Å²) in [6.07, 6.45) is 3.70. The van der Waals surface area contributed by atoms with Crippen LogP contribution >= 0.6 is 0 Å². The highest BCUT2D eigenvalue weighted by Gasteiger charge is 2.03. The number of nitrogens with zero attached hydrogens (tertiary/aromatic N) is 2. The van der Waals surface area contributed by atoms with Gasteiger partial charge in [0, 0.05) is 29.2 Å². The van der Waals surface area contributed by atoms with E-state index in [1.165, 1.54) is 5.56 Å². The van der Waals surface area contributed by atoms with Crippen molar-refractivity contribution in [2.75, 3.05) is 5.73 Å². The van der Waals surface area contributed by atoms with Crippen molar-refractivity contribution < 1.29 is 0 Å². The first-order valence-electron chi connectivity index (χ1n) is 6.47. The van der Waals surface area contributed by atoms with Crippen LogP contribution in [0, 0.1) is 6.92 Å². The number of aromatic nitrogens is 2. The van der Waals surface area contributed by atoms with E-state index in [0.717, 1.165) is 22.4 Å². The van der Waals surface area contributed by atoms with Crippen molar-refractivity contribution in [1.82, 2.24) is 9.97 Å². The number of rotatable bonds is 2. The van der Waals surface area contributed by atoms with Gasteiger partial charge in [-0.05, 0) is 36.8 Å². The van der Waals surface area contributed by atoms with E-state index in [4.69, 9.17) is 5.73 Å². The monoisotopic (exact) mass is 261 g/mol. The second kappa shape index (κ2) is 5.13. The minimum absolute atomic E-state index is 0.709. The third-order valence-electron chi connectivity index (χ3n) is 3.21. The van der Waals surface area contributed by atoms with Gasteiger partial charge in [-0.1, -0.05) is 29.8 Å². The van der Waals surface area contributed by atoms with Crippen molar-refractivity contribution in [3.8, 4) is 22.5 Å². The molecule has 3 heteroatoms. The molecule has 0 saturated heterocycles. The van der Waals surface area contributed by atoms with Crippen LogP contribution in [0.1, 0.15) is 5.56 Å².